The van der Waals surface area contributed by atoms with E-state index in [1.807, 2.05) is 18.2 Å². The third-order valence-corrected chi connectivity index (χ3v) is 5.32. The molecule has 0 aliphatic heterocycles. The number of hydrogen-bond donors (Lipinski definition) is 2. The van der Waals surface area contributed by atoms with E-state index in [0.717, 1.165) is 35.1 Å². The number of anilines is 2. The molecule has 3 aromatic heterocycles. The maximum Gasteiger partial charge on any atom is 0.323 e. The summed E-state index contributed by atoms with van der Waals surface area (Å²) in [5.74, 6) is 1.52. The first-order valence-electron chi connectivity index (χ1n) is 9.69. The number of benzene rings is 1. The van der Waals surface area contributed by atoms with Crippen molar-refractivity contribution in [2.45, 2.75) is 18.8 Å². The second-order valence-electron chi connectivity index (χ2n) is 7.17. The Morgan fingerprint density at radius 3 is 2.65 bits per heavy atom. The van der Waals surface area contributed by atoms with Crippen molar-refractivity contribution in [2.75, 3.05) is 17.7 Å². The van der Waals surface area contributed by atoms with Gasteiger partial charge in [0.1, 0.15) is 5.75 Å². The minimum absolute atomic E-state index is 0.312. The van der Waals surface area contributed by atoms with E-state index in [1.165, 1.54) is 23.4 Å². The molecular weight excluding hydrogens is 418 g/mol. The molecule has 0 radical (unpaired) electrons. The predicted molar refractivity (Wildman–Crippen MR) is 117 cm³/mol. The van der Waals surface area contributed by atoms with Crippen LogP contribution in [0.15, 0.2) is 49.1 Å². The van der Waals surface area contributed by atoms with Gasteiger partial charge in [-0.15, -0.1) is 4.80 Å². The van der Waals surface area contributed by atoms with Gasteiger partial charge in [0.25, 0.3) is 0 Å². The Morgan fingerprint density at radius 1 is 1.13 bits per heavy atom. The van der Waals surface area contributed by atoms with Crippen molar-refractivity contribution in [1.82, 2.24) is 25.0 Å². The lowest BCUT2D eigenvalue weighted by Crippen LogP contribution is -2.20. The van der Waals surface area contributed by atoms with Gasteiger partial charge in [0.15, 0.2) is 5.82 Å². The van der Waals surface area contributed by atoms with Gasteiger partial charge in [0.2, 0.25) is 0 Å². The number of hydrogen-bond acceptors (Lipinski definition) is 6. The van der Waals surface area contributed by atoms with Crippen molar-refractivity contribution < 1.29 is 9.53 Å². The lowest BCUT2D eigenvalue weighted by atomic mass is 10.0. The molecule has 1 fully saturated rings. The molecule has 1 aliphatic rings. The summed E-state index contributed by atoms with van der Waals surface area (Å²) in [5.41, 5.74) is 3.07. The van der Waals surface area contributed by atoms with E-state index in [4.69, 9.17) is 16.3 Å². The normalized spacial score (nSPS) is 13.2. The molecule has 9 nitrogen and oxygen atoms in total. The highest BCUT2D eigenvalue weighted by Crippen LogP contribution is 2.46. The number of halogens is 1. The van der Waals surface area contributed by atoms with Gasteiger partial charge < -0.3 is 15.4 Å². The average Bonchev–Trinajstić information content (AvgIpc) is 3.46. The number of urea groups is 1. The Hall–Kier alpha value is -3.72. The van der Waals surface area contributed by atoms with Gasteiger partial charge in [-0.25, -0.2) is 9.78 Å². The lowest BCUT2D eigenvalue weighted by Gasteiger charge is -2.14. The first-order chi connectivity index (χ1) is 15.1. The van der Waals surface area contributed by atoms with E-state index in [2.05, 4.69) is 30.8 Å². The first kappa shape index (κ1) is 19.3. The first-order valence-corrected chi connectivity index (χ1v) is 10.1. The van der Waals surface area contributed by atoms with Crippen LogP contribution >= 0.6 is 11.6 Å². The number of nitrogens with zero attached hydrogens (tertiary/aromatic N) is 5. The van der Waals surface area contributed by atoms with Crippen molar-refractivity contribution in [3.05, 3.63) is 59.6 Å². The number of nitrogens with one attached hydrogen (secondary N) is 2. The van der Waals surface area contributed by atoms with Gasteiger partial charge >= 0.3 is 6.03 Å². The van der Waals surface area contributed by atoms with Gasteiger partial charge in [-0.3, -0.25) is 4.98 Å². The number of pyridine rings is 2. The zero-order valence-electron chi connectivity index (χ0n) is 16.5. The van der Waals surface area contributed by atoms with Gasteiger partial charge in [-0.05, 0) is 48.6 Å². The fourth-order valence-electron chi connectivity index (χ4n) is 3.49. The fourth-order valence-corrected chi connectivity index (χ4v) is 3.73. The van der Waals surface area contributed by atoms with Crippen LogP contribution in [0.5, 0.6) is 5.75 Å². The van der Waals surface area contributed by atoms with E-state index in [1.54, 1.807) is 19.4 Å². The SMILES string of the molecule is COc1ccc2ncc(NC(=O)Nc3cnc(-n4nccn4)c(Cl)c3)c(C3CC3)c2c1. The molecule has 10 heteroatoms. The minimum Gasteiger partial charge on any atom is -0.497 e. The number of ether oxygens (including phenoxy) is 1. The number of carbonyl (C=O) groups is 1. The highest BCUT2D eigenvalue weighted by atomic mass is 35.5. The van der Waals surface area contributed by atoms with Crippen LogP contribution in [-0.4, -0.2) is 38.1 Å². The Labute approximate surface area is 182 Å². The van der Waals surface area contributed by atoms with Crippen LogP contribution in [0.3, 0.4) is 0 Å². The van der Waals surface area contributed by atoms with Crippen molar-refractivity contribution >= 4 is 39.9 Å². The summed E-state index contributed by atoms with van der Waals surface area (Å²) in [6.07, 6.45) is 8.41. The topological polar surface area (TPSA) is 107 Å². The van der Waals surface area contributed by atoms with Crippen molar-refractivity contribution in [3.8, 4) is 11.6 Å². The third-order valence-electron chi connectivity index (χ3n) is 5.04. The highest BCUT2D eigenvalue weighted by molar-refractivity contribution is 6.32. The smallest absolute Gasteiger partial charge is 0.323 e. The summed E-state index contributed by atoms with van der Waals surface area (Å²) < 4.78 is 5.37. The standard InChI is InChI=1S/C21H18ClN7O2/c1-31-14-4-5-17-15(9-14)19(12-2-3-12)18(11-23-17)28-21(30)27-13-8-16(22)20(24-10-13)29-25-6-7-26-29/h4-12H,2-3H2,1H3,(H2,27,28,30). The molecule has 0 bridgehead atoms. The molecule has 0 unspecified atom stereocenters. The van der Waals surface area contributed by atoms with Crippen molar-refractivity contribution in [3.63, 3.8) is 0 Å². The summed E-state index contributed by atoms with van der Waals surface area (Å²) in [7, 11) is 1.63. The summed E-state index contributed by atoms with van der Waals surface area (Å²) in [6, 6.07) is 6.95. The molecule has 4 aromatic rings. The summed E-state index contributed by atoms with van der Waals surface area (Å²) in [5, 5.41) is 15.0. The van der Waals surface area contributed by atoms with Gasteiger partial charge in [0.05, 0.1) is 53.8 Å². The molecule has 3 heterocycles. The van der Waals surface area contributed by atoms with Crippen LogP contribution in [-0.2, 0) is 0 Å². The van der Waals surface area contributed by atoms with E-state index in [-0.39, 0.29) is 0 Å². The molecular formula is C21H18ClN7O2. The predicted octanol–water partition coefficient (Wildman–Crippen LogP) is 4.39. The van der Waals surface area contributed by atoms with Crippen LogP contribution in [0.1, 0.15) is 24.3 Å². The number of methoxy groups -OCH3 is 1. The largest absolute Gasteiger partial charge is 0.497 e. The summed E-state index contributed by atoms with van der Waals surface area (Å²) in [6.45, 7) is 0. The Bertz CT molecular complexity index is 1270. The molecule has 1 aliphatic carbocycles. The highest BCUT2D eigenvalue weighted by Gasteiger charge is 2.29. The molecule has 2 N–H and O–H groups in total. The number of amides is 2. The average molecular weight is 436 g/mol. The van der Waals surface area contributed by atoms with Gasteiger partial charge in [-0.1, -0.05) is 11.6 Å². The second-order valence-corrected chi connectivity index (χ2v) is 7.58. The summed E-state index contributed by atoms with van der Waals surface area (Å²) in [4.78, 5) is 22.7. The van der Waals surface area contributed by atoms with Crippen LogP contribution in [0, 0.1) is 0 Å². The molecule has 5 rings (SSSR count). The molecule has 0 saturated heterocycles. The Kier molecular flexibility index (Phi) is 4.87. The number of rotatable bonds is 5. The van der Waals surface area contributed by atoms with Crippen LogP contribution in [0.25, 0.3) is 16.7 Å². The summed E-state index contributed by atoms with van der Waals surface area (Å²) >= 11 is 6.28. The Morgan fingerprint density at radius 2 is 1.94 bits per heavy atom. The zero-order valence-corrected chi connectivity index (χ0v) is 17.3. The lowest BCUT2D eigenvalue weighted by molar-refractivity contribution is 0.262. The van der Waals surface area contributed by atoms with Crippen LogP contribution in [0.4, 0.5) is 16.2 Å². The minimum atomic E-state index is -0.409. The quantitative estimate of drug-likeness (QED) is 0.481. The number of fused-ring (bicyclic) bond motifs is 1. The molecule has 31 heavy (non-hydrogen) atoms. The molecule has 1 aromatic carbocycles. The van der Waals surface area contributed by atoms with Gasteiger partial charge in [-0.2, -0.15) is 10.2 Å². The maximum absolute atomic E-state index is 12.7. The second kappa shape index (κ2) is 7.84. The van der Waals surface area contributed by atoms with E-state index in [0.29, 0.717) is 28.1 Å². The maximum atomic E-state index is 12.7. The Balaban J connectivity index is 1.39. The third kappa shape index (κ3) is 3.87. The molecule has 0 spiro atoms. The molecule has 1 saturated carbocycles. The monoisotopic (exact) mass is 435 g/mol. The number of carbonyl (C=O) groups excluding carboxylic acids is 1. The fraction of sp³-hybridized carbons (Fsp3) is 0.190. The van der Waals surface area contributed by atoms with Crippen molar-refractivity contribution in [1.29, 1.82) is 0 Å². The zero-order chi connectivity index (χ0) is 21.4. The van der Waals surface area contributed by atoms with Crippen LogP contribution in [0.2, 0.25) is 5.02 Å². The molecule has 156 valence electrons. The van der Waals surface area contributed by atoms with E-state index >= 15 is 0 Å². The van der Waals surface area contributed by atoms with Crippen molar-refractivity contribution in [2.24, 2.45) is 0 Å². The van der Waals surface area contributed by atoms with Gasteiger partial charge in [0, 0.05) is 5.39 Å². The van der Waals surface area contributed by atoms with E-state index in [9.17, 15) is 4.79 Å². The molecule has 0 atom stereocenters. The van der Waals surface area contributed by atoms with Crippen LogP contribution < -0.4 is 15.4 Å². The number of aromatic nitrogens is 5. The molecule has 2 amide bonds. The van der Waals surface area contributed by atoms with E-state index < -0.39 is 6.03 Å².